The molecule has 0 spiro atoms. The van der Waals surface area contributed by atoms with Crippen LogP contribution >= 0.6 is 34.5 Å². The summed E-state index contributed by atoms with van der Waals surface area (Å²) < 4.78 is 0. The van der Waals surface area contributed by atoms with Crippen molar-refractivity contribution < 1.29 is 0 Å². The van der Waals surface area contributed by atoms with E-state index in [0.29, 0.717) is 10.0 Å². The highest BCUT2D eigenvalue weighted by atomic mass is 35.5. The fourth-order valence-electron chi connectivity index (χ4n) is 1.85. The number of aromatic nitrogens is 1. The molecule has 0 aliphatic heterocycles. The van der Waals surface area contributed by atoms with Crippen LogP contribution in [0.3, 0.4) is 0 Å². The van der Waals surface area contributed by atoms with Crippen LogP contribution in [0, 0.1) is 13.8 Å². The fraction of sp³-hybridized carbons (Fsp3) is 0.308. The number of anilines is 1. The number of rotatable bonds is 3. The van der Waals surface area contributed by atoms with Gasteiger partial charge in [0.2, 0.25) is 0 Å². The fourth-order valence-corrected chi connectivity index (χ4v) is 3.08. The molecule has 1 atom stereocenters. The predicted molar refractivity (Wildman–Crippen MR) is 80.1 cm³/mol. The van der Waals surface area contributed by atoms with Gasteiger partial charge in [-0.15, -0.1) is 11.3 Å². The van der Waals surface area contributed by atoms with Gasteiger partial charge in [-0.05, 0) is 39.0 Å². The van der Waals surface area contributed by atoms with E-state index in [1.165, 1.54) is 4.88 Å². The van der Waals surface area contributed by atoms with Crippen LogP contribution in [-0.2, 0) is 0 Å². The van der Waals surface area contributed by atoms with E-state index in [4.69, 9.17) is 23.2 Å². The molecule has 1 aromatic carbocycles. The van der Waals surface area contributed by atoms with E-state index in [-0.39, 0.29) is 6.04 Å². The molecule has 0 fully saturated rings. The average molecular weight is 301 g/mol. The first-order chi connectivity index (χ1) is 8.47. The van der Waals surface area contributed by atoms with Gasteiger partial charge in [0, 0.05) is 10.6 Å². The number of nitrogens with one attached hydrogen (secondary N) is 1. The van der Waals surface area contributed by atoms with Gasteiger partial charge in [-0.1, -0.05) is 23.2 Å². The van der Waals surface area contributed by atoms with E-state index >= 15 is 0 Å². The minimum atomic E-state index is 0.202. The van der Waals surface area contributed by atoms with Crippen LogP contribution in [0.15, 0.2) is 18.2 Å². The molecule has 1 N–H and O–H groups in total. The Hall–Kier alpha value is -0.770. The van der Waals surface area contributed by atoms with Crippen LogP contribution in [0.2, 0.25) is 10.0 Å². The molecule has 0 radical (unpaired) electrons. The van der Waals surface area contributed by atoms with Crippen LogP contribution in [0.5, 0.6) is 0 Å². The Morgan fingerprint density at radius 1 is 1.22 bits per heavy atom. The van der Waals surface area contributed by atoms with Gasteiger partial charge >= 0.3 is 0 Å². The van der Waals surface area contributed by atoms with Crippen molar-refractivity contribution in [2.24, 2.45) is 0 Å². The number of halogens is 2. The Balaban J connectivity index is 2.18. The normalized spacial score (nSPS) is 12.5. The molecule has 1 unspecified atom stereocenters. The van der Waals surface area contributed by atoms with E-state index in [0.717, 1.165) is 16.4 Å². The average Bonchev–Trinajstić information content (AvgIpc) is 2.63. The summed E-state index contributed by atoms with van der Waals surface area (Å²) in [6, 6.07) is 5.76. The van der Waals surface area contributed by atoms with Gasteiger partial charge in [0.1, 0.15) is 0 Å². The Bertz CT molecular complexity index is 566. The summed E-state index contributed by atoms with van der Waals surface area (Å²) in [5, 5.41) is 5.63. The molecule has 2 rings (SSSR count). The van der Waals surface area contributed by atoms with Crippen LogP contribution in [0.4, 0.5) is 5.69 Å². The van der Waals surface area contributed by atoms with Crippen molar-refractivity contribution >= 4 is 40.2 Å². The van der Waals surface area contributed by atoms with Gasteiger partial charge in [0.25, 0.3) is 0 Å². The lowest BCUT2D eigenvalue weighted by atomic mass is 10.2. The van der Waals surface area contributed by atoms with Crippen molar-refractivity contribution in [3.63, 3.8) is 0 Å². The summed E-state index contributed by atoms with van der Waals surface area (Å²) in [6.07, 6.45) is 0. The van der Waals surface area contributed by atoms with Gasteiger partial charge in [0.15, 0.2) is 0 Å². The first-order valence-corrected chi connectivity index (χ1v) is 7.20. The van der Waals surface area contributed by atoms with Crippen molar-refractivity contribution in [3.05, 3.63) is 43.8 Å². The zero-order valence-electron chi connectivity index (χ0n) is 10.4. The highest BCUT2D eigenvalue weighted by molar-refractivity contribution is 7.11. The molecule has 0 aliphatic rings. The first kappa shape index (κ1) is 13.7. The molecule has 1 heterocycles. The standard InChI is InChI=1S/C13H14Cl2N2S/c1-7-13(18-9(3)16-7)8(2)17-10-4-5-11(14)12(15)6-10/h4-6,8,17H,1-3H3. The lowest BCUT2D eigenvalue weighted by molar-refractivity contribution is 0.890. The van der Waals surface area contributed by atoms with Crippen molar-refractivity contribution in [2.75, 3.05) is 5.32 Å². The predicted octanol–water partition coefficient (Wildman–Crippen LogP) is 5.24. The zero-order chi connectivity index (χ0) is 13.3. The maximum atomic E-state index is 6.00. The van der Waals surface area contributed by atoms with Crippen LogP contribution in [-0.4, -0.2) is 4.98 Å². The minimum absolute atomic E-state index is 0.202. The van der Waals surface area contributed by atoms with Crippen LogP contribution < -0.4 is 5.32 Å². The van der Waals surface area contributed by atoms with Crippen LogP contribution in [0.25, 0.3) is 0 Å². The van der Waals surface area contributed by atoms with Gasteiger partial charge in [-0.2, -0.15) is 0 Å². The van der Waals surface area contributed by atoms with Gasteiger partial charge < -0.3 is 5.32 Å². The Morgan fingerprint density at radius 3 is 2.50 bits per heavy atom. The summed E-state index contributed by atoms with van der Waals surface area (Å²) in [5.74, 6) is 0. The molecule has 0 saturated carbocycles. The second kappa shape index (κ2) is 5.47. The quantitative estimate of drug-likeness (QED) is 0.838. The van der Waals surface area contributed by atoms with E-state index in [1.54, 1.807) is 17.4 Å². The van der Waals surface area contributed by atoms with Crippen LogP contribution in [0.1, 0.15) is 28.5 Å². The molecule has 2 aromatic rings. The summed E-state index contributed by atoms with van der Waals surface area (Å²) in [6.45, 7) is 6.17. The zero-order valence-corrected chi connectivity index (χ0v) is 12.7. The minimum Gasteiger partial charge on any atom is -0.378 e. The molecular formula is C13H14Cl2N2S. The Labute approximate surface area is 121 Å². The third-order valence-electron chi connectivity index (χ3n) is 2.64. The summed E-state index contributed by atoms with van der Waals surface area (Å²) in [5.41, 5.74) is 2.04. The number of benzene rings is 1. The summed E-state index contributed by atoms with van der Waals surface area (Å²) in [7, 11) is 0. The largest absolute Gasteiger partial charge is 0.378 e. The Morgan fingerprint density at radius 2 is 1.94 bits per heavy atom. The van der Waals surface area contributed by atoms with Crippen molar-refractivity contribution in [2.45, 2.75) is 26.8 Å². The van der Waals surface area contributed by atoms with E-state index in [9.17, 15) is 0 Å². The smallest absolute Gasteiger partial charge is 0.0900 e. The van der Waals surface area contributed by atoms with Crippen molar-refractivity contribution in [3.8, 4) is 0 Å². The topological polar surface area (TPSA) is 24.9 Å². The van der Waals surface area contributed by atoms with Gasteiger partial charge in [-0.25, -0.2) is 4.98 Å². The lowest BCUT2D eigenvalue weighted by Crippen LogP contribution is -2.06. The third-order valence-corrected chi connectivity index (χ3v) is 4.63. The van der Waals surface area contributed by atoms with E-state index < -0.39 is 0 Å². The van der Waals surface area contributed by atoms with Crippen molar-refractivity contribution in [1.82, 2.24) is 4.98 Å². The van der Waals surface area contributed by atoms with Gasteiger partial charge in [-0.3, -0.25) is 0 Å². The lowest BCUT2D eigenvalue weighted by Gasteiger charge is -2.14. The summed E-state index contributed by atoms with van der Waals surface area (Å²) >= 11 is 13.6. The molecule has 2 nitrogen and oxygen atoms in total. The van der Waals surface area contributed by atoms with Crippen molar-refractivity contribution in [1.29, 1.82) is 0 Å². The highest BCUT2D eigenvalue weighted by Crippen LogP contribution is 2.30. The number of hydrogen-bond donors (Lipinski definition) is 1. The Kier molecular flexibility index (Phi) is 4.15. The molecule has 96 valence electrons. The molecule has 0 saturated heterocycles. The molecule has 0 bridgehead atoms. The van der Waals surface area contributed by atoms with Gasteiger partial charge in [0.05, 0.1) is 26.8 Å². The second-order valence-corrected chi connectivity index (χ2v) is 6.23. The molecule has 5 heteroatoms. The molecule has 0 amide bonds. The summed E-state index contributed by atoms with van der Waals surface area (Å²) in [4.78, 5) is 5.69. The maximum absolute atomic E-state index is 6.00. The number of nitrogens with zero attached hydrogens (tertiary/aromatic N) is 1. The highest BCUT2D eigenvalue weighted by Gasteiger charge is 2.13. The third kappa shape index (κ3) is 2.97. The second-order valence-electron chi connectivity index (χ2n) is 4.18. The maximum Gasteiger partial charge on any atom is 0.0900 e. The molecule has 18 heavy (non-hydrogen) atoms. The number of thiazole rings is 1. The number of aryl methyl sites for hydroxylation is 2. The molecule has 1 aromatic heterocycles. The molecule has 0 aliphatic carbocycles. The first-order valence-electron chi connectivity index (χ1n) is 5.63. The molecular weight excluding hydrogens is 287 g/mol. The van der Waals surface area contributed by atoms with E-state index in [2.05, 4.69) is 17.2 Å². The monoisotopic (exact) mass is 300 g/mol. The van der Waals surface area contributed by atoms with E-state index in [1.807, 2.05) is 26.0 Å². The number of hydrogen-bond acceptors (Lipinski definition) is 3. The SMILES string of the molecule is Cc1nc(C)c(C(C)Nc2ccc(Cl)c(Cl)c2)s1.